The average Bonchev–Trinajstić information content (AvgIpc) is 3.28. The molecule has 1 aliphatic heterocycles. The lowest BCUT2D eigenvalue weighted by atomic mass is 9.86. The Balaban J connectivity index is 1.99. The molecular weight excluding hydrogens is 256 g/mol. The zero-order chi connectivity index (χ0) is 15.5. The van der Waals surface area contributed by atoms with E-state index < -0.39 is 0 Å². The molecule has 3 unspecified atom stereocenters. The summed E-state index contributed by atoms with van der Waals surface area (Å²) in [5, 5.41) is 3.91. The molecule has 0 aromatic rings. The Bertz CT molecular complexity index is 311. The first-order valence-electron chi connectivity index (χ1n) is 9.49. The third kappa shape index (κ3) is 4.45. The second-order valence-electron chi connectivity index (χ2n) is 8.23. The highest BCUT2D eigenvalue weighted by atomic mass is 15.3. The lowest BCUT2D eigenvalue weighted by Gasteiger charge is -2.49. The molecule has 2 nitrogen and oxygen atoms in total. The van der Waals surface area contributed by atoms with E-state index in [2.05, 4.69) is 44.8 Å². The lowest BCUT2D eigenvalue weighted by Crippen LogP contribution is -2.65. The number of hydrogen-bond acceptors (Lipinski definition) is 2. The summed E-state index contributed by atoms with van der Waals surface area (Å²) < 4.78 is 0. The normalized spacial score (nSPS) is 32.6. The number of nitrogens with one attached hydrogen (secondary N) is 1. The molecule has 0 aromatic carbocycles. The summed E-state index contributed by atoms with van der Waals surface area (Å²) in [6.07, 6.45) is 8.38. The molecule has 3 atom stereocenters. The summed E-state index contributed by atoms with van der Waals surface area (Å²) in [6.45, 7) is 15.7. The monoisotopic (exact) mass is 294 g/mol. The maximum Gasteiger partial charge on any atom is 0.0309 e. The highest BCUT2D eigenvalue weighted by Gasteiger charge is 2.46. The molecule has 2 rings (SSSR count). The van der Waals surface area contributed by atoms with Gasteiger partial charge in [0.15, 0.2) is 0 Å². The lowest BCUT2D eigenvalue weighted by molar-refractivity contribution is 0.0381. The highest BCUT2D eigenvalue weighted by molar-refractivity contribution is 5.04. The van der Waals surface area contributed by atoms with E-state index in [1.54, 1.807) is 0 Å². The van der Waals surface area contributed by atoms with Gasteiger partial charge in [-0.05, 0) is 43.9 Å². The Morgan fingerprint density at radius 1 is 1.24 bits per heavy atom. The number of hydrogen-bond donors (Lipinski definition) is 1. The number of nitrogens with zero attached hydrogens (tertiary/aromatic N) is 1. The molecule has 124 valence electrons. The second kappa shape index (κ2) is 7.46. The van der Waals surface area contributed by atoms with Crippen LogP contribution in [0.5, 0.6) is 0 Å². The van der Waals surface area contributed by atoms with Crippen molar-refractivity contribution >= 4 is 0 Å². The van der Waals surface area contributed by atoms with Gasteiger partial charge in [0.2, 0.25) is 0 Å². The molecule has 0 amide bonds. The van der Waals surface area contributed by atoms with Crippen LogP contribution < -0.4 is 5.32 Å². The van der Waals surface area contributed by atoms with Gasteiger partial charge in [0.25, 0.3) is 0 Å². The molecule has 2 heteroatoms. The summed E-state index contributed by atoms with van der Waals surface area (Å²) >= 11 is 0. The minimum absolute atomic E-state index is 0.383. The molecule has 0 radical (unpaired) electrons. The zero-order valence-corrected chi connectivity index (χ0v) is 15.1. The fourth-order valence-electron chi connectivity index (χ4n) is 4.16. The molecule has 1 heterocycles. The molecule has 2 aliphatic rings. The Labute approximate surface area is 133 Å². The topological polar surface area (TPSA) is 15.3 Å². The first-order valence-corrected chi connectivity index (χ1v) is 9.49. The van der Waals surface area contributed by atoms with Crippen LogP contribution in [0.1, 0.15) is 73.1 Å². The van der Waals surface area contributed by atoms with Crippen molar-refractivity contribution in [1.82, 2.24) is 10.2 Å². The SMILES string of the molecule is CCCCC(CC)CN1CC(C)(C2CC2)NCC1C(C)C. The second-order valence-corrected chi connectivity index (χ2v) is 8.23. The fraction of sp³-hybridized carbons (Fsp3) is 1.00. The third-order valence-corrected chi connectivity index (χ3v) is 6.00. The van der Waals surface area contributed by atoms with Crippen LogP contribution >= 0.6 is 0 Å². The van der Waals surface area contributed by atoms with Crippen molar-refractivity contribution in [3.05, 3.63) is 0 Å². The number of unbranched alkanes of at least 4 members (excludes halogenated alkanes) is 1. The largest absolute Gasteiger partial charge is 0.308 e. The van der Waals surface area contributed by atoms with Crippen LogP contribution in [0.25, 0.3) is 0 Å². The van der Waals surface area contributed by atoms with Gasteiger partial charge in [-0.2, -0.15) is 0 Å². The molecule has 1 aliphatic carbocycles. The van der Waals surface area contributed by atoms with Gasteiger partial charge in [0.05, 0.1) is 0 Å². The van der Waals surface area contributed by atoms with E-state index >= 15 is 0 Å². The maximum absolute atomic E-state index is 3.91. The Kier molecular flexibility index (Phi) is 6.14. The standard InChI is InChI=1S/C19H38N2/c1-6-8-9-16(7-2)13-21-14-19(5,17-10-11-17)20-12-18(21)15(3)4/h15-18,20H,6-14H2,1-5H3. The Morgan fingerprint density at radius 2 is 1.95 bits per heavy atom. The summed E-state index contributed by atoms with van der Waals surface area (Å²) in [5.74, 6) is 2.58. The van der Waals surface area contributed by atoms with Gasteiger partial charge in [0.1, 0.15) is 0 Å². The first kappa shape index (κ1) is 17.3. The van der Waals surface area contributed by atoms with Crippen LogP contribution in [0.2, 0.25) is 0 Å². The number of piperazine rings is 1. The van der Waals surface area contributed by atoms with E-state index in [9.17, 15) is 0 Å². The molecule has 0 aromatic heterocycles. The summed E-state index contributed by atoms with van der Waals surface area (Å²) in [7, 11) is 0. The van der Waals surface area contributed by atoms with E-state index in [0.29, 0.717) is 5.54 Å². The van der Waals surface area contributed by atoms with E-state index in [1.165, 1.54) is 58.2 Å². The van der Waals surface area contributed by atoms with Crippen molar-refractivity contribution in [1.29, 1.82) is 0 Å². The van der Waals surface area contributed by atoms with Crippen molar-refractivity contribution in [3.63, 3.8) is 0 Å². The van der Waals surface area contributed by atoms with E-state index in [4.69, 9.17) is 0 Å². The van der Waals surface area contributed by atoms with E-state index in [-0.39, 0.29) is 0 Å². The predicted molar refractivity (Wildman–Crippen MR) is 92.6 cm³/mol. The van der Waals surface area contributed by atoms with Gasteiger partial charge in [-0.15, -0.1) is 0 Å². The van der Waals surface area contributed by atoms with Crippen molar-refractivity contribution in [3.8, 4) is 0 Å². The van der Waals surface area contributed by atoms with Crippen LogP contribution in [-0.4, -0.2) is 36.1 Å². The molecule has 0 bridgehead atoms. The molecule has 2 fully saturated rings. The van der Waals surface area contributed by atoms with Crippen molar-refractivity contribution in [2.75, 3.05) is 19.6 Å². The van der Waals surface area contributed by atoms with Crippen LogP contribution in [-0.2, 0) is 0 Å². The van der Waals surface area contributed by atoms with Gasteiger partial charge in [0, 0.05) is 31.2 Å². The maximum atomic E-state index is 3.91. The third-order valence-electron chi connectivity index (χ3n) is 6.00. The van der Waals surface area contributed by atoms with E-state index in [1.807, 2.05) is 0 Å². The van der Waals surface area contributed by atoms with Crippen LogP contribution in [0, 0.1) is 17.8 Å². The van der Waals surface area contributed by atoms with Gasteiger partial charge < -0.3 is 5.32 Å². The van der Waals surface area contributed by atoms with Crippen molar-refractivity contribution < 1.29 is 0 Å². The minimum Gasteiger partial charge on any atom is -0.308 e. The quantitative estimate of drug-likeness (QED) is 0.718. The molecular formula is C19H38N2. The average molecular weight is 295 g/mol. The minimum atomic E-state index is 0.383. The van der Waals surface area contributed by atoms with Gasteiger partial charge in [-0.25, -0.2) is 0 Å². The molecule has 0 spiro atoms. The Hall–Kier alpha value is -0.0800. The number of rotatable bonds is 8. The van der Waals surface area contributed by atoms with Crippen molar-refractivity contribution in [2.45, 2.75) is 84.7 Å². The highest BCUT2D eigenvalue weighted by Crippen LogP contribution is 2.42. The summed E-state index contributed by atoms with van der Waals surface area (Å²) in [4.78, 5) is 2.85. The van der Waals surface area contributed by atoms with Crippen molar-refractivity contribution in [2.24, 2.45) is 17.8 Å². The predicted octanol–water partition coefficient (Wildman–Crippen LogP) is 4.30. The molecule has 21 heavy (non-hydrogen) atoms. The summed E-state index contributed by atoms with van der Waals surface area (Å²) in [6, 6.07) is 0.729. The smallest absolute Gasteiger partial charge is 0.0309 e. The zero-order valence-electron chi connectivity index (χ0n) is 15.1. The van der Waals surface area contributed by atoms with Crippen LogP contribution in [0.15, 0.2) is 0 Å². The molecule has 1 saturated heterocycles. The molecule has 1 N–H and O–H groups in total. The van der Waals surface area contributed by atoms with E-state index in [0.717, 1.165) is 23.8 Å². The Morgan fingerprint density at radius 3 is 2.48 bits per heavy atom. The fourth-order valence-corrected chi connectivity index (χ4v) is 4.16. The van der Waals surface area contributed by atoms with Crippen LogP contribution in [0.3, 0.4) is 0 Å². The van der Waals surface area contributed by atoms with Gasteiger partial charge in [-0.1, -0.05) is 47.0 Å². The first-order chi connectivity index (χ1) is 10.00. The van der Waals surface area contributed by atoms with Gasteiger partial charge in [-0.3, -0.25) is 4.90 Å². The van der Waals surface area contributed by atoms with Crippen LogP contribution in [0.4, 0.5) is 0 Å². The summed E-state index contributed by atoms with van der Waals surface area (Å²) in [5.41, 5.74) is 0.383. The van der Waals surface area contributed by atoms with Gasteiger partial charge >= 0.3 is 0 Å². The molecule has 1 saturated carbocycles.